The van der Waals surface area contributed by atoms with Crippen LogP contribution in [0.3, 0.4) is 0 Å². The molecule has 106 valence electrons. The maximum Gasteiger partial charge on any atom is 0.242 e. The average Bonchev–Trinajstić information content (AvgIpc) is 2.36. The SMILES string of the molecule is CCCCNC(=O)C(C)Nc1cc(F)c(C)cc1F. The normalized spacial score (nSPS) is 12.1. The molecule has 5 heteroatoms. The molecule has 1 unspecified atom stereocenters. The largest absolute Gasteiger partial charge is 0.371 e. The van der Waals surface area contributed by atoms with Crippen molar-refractivity contribution < 1.29 is 13.6 Å². The third-order valence-corrected chi connectivity index (χ3v) is 2.84. The number of carbonyl (C=O) groups is 1. The quantitative estimate of drug-likeness (QED) is 0.780. The third kappa shape index (κ3) is 4.50. The highest BCUT2D eigenvalue weighted by molar-refractivity contribution is 5.84. The van der Waals surface area contributed by atoms with Crippen molar-refractivity contribution in [3.63, 3.8) is 0 Å². The van der Waals surface area contributed by atoms with Crippen LogP contribution in [0, 0.1) is 18.6 Å². The van der Waals surface area contributed by atoms with Crippen LogP contribution in [0.4, 0.5) is 14.5 Å². The number of anilines is 1. The summed E-state index contributed by atoms with van der Waals surface area (Å²) in [4.78, 5) is 11.7. The molecule has 1 amide bonds. The van der Waals surface area contributed by atoms with Gasteiger partial charge in [0.15, 0.2) is 0 Å². The first kappa shape index (κ1) is 15.4. The maximum absolute atomic E-state index is 13.6. The van der Waals surface area contributed by atoms with E-state index in [1.807, 2.05) is 6.92 Å². The molecule has 19 heavy (non-hydrogen) atoms. The molecule has 3 nitrogen and oxygen atoms in total. The summed E-state index contributed by atoms with van der Waals surface area (Å²) in [6.45, 7) is 5.71. The highest BCUT2D eigenvalue weighted by Crippen LogP contribution is 2.19. The number of unbranched alkanes of at least 4 members (excludes halogenated alkanes) is 1. The molecule has 0 heterocycles. The highest BCUT2D eigenvalue weighted by atomic mass is 19.1. The van der Waals surface area contributed by atoms with Crippen LogP contribution in [-0.4, -0.2) is 18.5 Å². The van der Waals surface area contributed by atoms with Gasteiger partial charge in [-0.15, -0.1) is 0 Å². The predicted octanol–water partition coefficient (Wildman–Crippen LogP) is 2.99. The maximum atomic E-state index is 13.6. The van der Waals surface area contributed by atoms with Crippen LogP contribution < -0.4 is 10.6 Å². The van der Waals surface area contributed by atoms with Gasteiger partial charge in [0.1, 0.15) is 17.7 Å². The lowest BCUT2D eigenvalue weighted by atomic mass is 10.2. The zero-order chi connectivity index (χ0) is 14.4. The summed E-state index contributed by atoms with van der Waals surface area (Å²) >= 11 is 0. The molecule has 1 aromatic rings. The fraction of sp³-hybridized carbons (Fsp3) is 0.500. The van der Waals surface area contributed by atoms with Crippen LogP contribution in [-0.2, 0) is 4.79 Å². The summed E-state index contributed by atoms with van der Waals surface area (Å²) in [5, 5.41) is 5.41. The lowest BCUT2D eigenvalue weighted by Crippen LogP contribution is -2.38. The summed E-state index contributed by atoms with van der Waals surface area (Å²) in [5.41, 5.74) is 0.240. The standard InChI is InChI=1S/C14H20F2N2O/c1-4-5-6-17-14(19)10(3)18-13-8-11(15)9(2)7-12(13)16/h7-8,10,18H,4-6H2,1-3H3,(H,17,19). The minimum atomic E-state index is -0.617. The van der Waals surface area contributed by atoms with Crippen molar-refractivity contribution in [1.82, 2.24) is 5.32 Å². The Hall–Kier alpha value is -1.65. The number of hydrogen-bond acceptors (Lipinski definition) is 2. The summed E-state index contributed by atoms with van der Waals surface area (Å²) in [7, 11) is 0. The van der Waals surface area contributed by atoms with Crippen LogP contribution in [0.15, 0.2) is 12.1 Å². The molecule has 0 aromatic heterocycles. The summed E-state index contributed by atoms with van der Waals surface area (Å²) in [6.07, 6.45) is 1.88. The summed E-state index contributed by atoms with van der Waals surface area (Å²) in [6, 6.07) is 1.56. The minimum absolute atomic E-state index is 0.00115. The van der Waals surface area contributed by atoms with Crippen molar-refractivity contribution in [3.8, 4) is 0 Å². The zero-order valence-corrected chi connectivity index (χ0v) is 11.5. The Labute approximate surface area is 112 Å². The Morgan fingerprint density at radius 2 is 2.00 bits per heavy atom. The molecule has 0 bridgehead atoms. The van der Waals surface area contributed by atoms with Crippen molar-refractivity contribution in [3.05, 3.63) is 29.3 Å². The Balaban J connectivity index is 2.63. The molecular formula is C14H20F2N2O. The van der Waals surface area contributed by atoms with Crippen molar-refractivity contribution in [1.29, 1.82) is 0 Å². The van der Waals surface area contributed by atoms with E-state index in [9.17, 15) is 13.6 Å². The Morgan fingerprint density at radius 3 is 2.63 bits per heavy atom. The van der Waals surface area contributed by atoms with Crippen LogP contribution in [0.25, 0.3) is 0 Å². The van der Waals surface area contributed by atoms with Gasteiger partial charge in [-0.1, -0.05) is 13.3 Å². The number of nitrogens with one attached hydrogen (secondary N) is 2. The van der Waals surface area contributed by atoms with Gasteiger partial charge in [0.05, 0.1) is 5.69 Å². The van der Waals surface area contributed by atoms with Gasteiger partial charge >= 0.3 is 0 Å². The number of amides is 1. The Bertz CT molecular complexity index is 449. The number of hydrogen-bond donors (Lipinski definition) is 2. The van der Waals surface area contributed by atoms with Crippen molar-refractivity contribution in [2.24, 2.45) is 0 Å². The molecule has 0 aliphatic heterocycles. The number of halogens is 2. The number of carbonyl (C=O) groups excluding carboxylic acids is 1. The van der Waals surface area contributed by atoms with Crippen molar-refractivity contribution in [2.75, 3.05) is 11.9 Å². The minimum Gasteiger partial charge on any atom is -0.371 e. The molecule has 0 radical (unpaired) electrons. The molecule has 0 saturated heterocycles. The molecule has 1 rings (SSSR count). The van der Waals surface area contributed by atoms with E-state index in [0.29, 0.717) is 6.54 Å². The monoisotopic (exact) mass is 270 g/mol. The van der Waals surface area contributed by atoms with Gasteiger partial charge in [-0.2, -0.15) is 0 Å². The molecular weight excluding hydrogens is 250 g/mol. The topological polar surface area (TPSA) is 41.1 Å². The van der Waals surface area contributed by atoms with E-state index < -0.39 is 17.7 Å². The lowest BCUT2D eigenvalue weighted by molar-refractivity contribution is -0.121. The van der Waals surface area contributed by atoms with E-state index in [4.69, 9.17) is 0 Å². The summed E-state index contributed by atoms with van der Waals surface area (Å²) < 4.78 is 27.0. The Morgan fingerprint density at radius 1 is 1.32 bits per heavy atom. The average molecular weight is 270 g/mol. The van der Waals surface area contributed by atoms with E-state index in [1.165, 1.54) is 6.92 Å². The van der Waals surface area contributed by atoms with Gasteiger partial charge in [-0.3, -0.25) is 4.79 Å². The van der Waals surface area contributed by atoms with Crippen LogP contribution in [0.1, 0.15) is 32.3 Å². The van der Waals surface area contributed by atoms with E-state index in [2.05, 4.69) is 10.6 Å². The van der Waals surface area contributed by atoms with Crippen molar-refractivity contribution >= 4 is 11.6 Å². The van der Waals surface area contributed by atoms with E-state index in [-0.39, 0.29) is 17.2 Å². The first-order valence-electron chi connectivity index (χ1n) is 6.45. The van der Waals surface area contributed by atoms with Gasteiger partial charge in [-0.25, -0.2) is 8.78 Å². The number of benzene rings is 1. The summed E-state index contributed by atoms with van der Waals surface area (Å²) in [5.74, 6) is -1.29. The molecule has 1 atom stereocenters. The number of aryl methyl sites for hydroxylation is 1. The fourth-order valence-corrected chi connectivity index (χ4v) is 1.60. The van der Waals surface area contributed by atoms with Crippen molar-refractivity contribution in [2.45, 2.75) is 39.7 Å². The second kappa shape index (κ2) is 7.07. The fourth-order valence-electron chi connectivity index (χ4n) is 1.60. The first-order chi connectivity index (χ1) is 8.95. The van der Waals surface area contributed by atoms with Crippen LogP contribution in [0.2, 0.25) is 0 Å². The lowest BCUT2D eigenvalue weighted by Gasteiger charge is -2.16. The van der Waals surface area contributed by atoms with Gasteiger partial charge in [0.25, 0.3) is 0 Å². The second-order valence-electron chi connectivity index (χ2n) is 4.59. The second-order valence-corrected chi connectivity index (χ2v) is 4.59. The highest BCUT2D eigenvalue weighted by Gasteiger charge is 2.15. The third-order valence-electron chi connectivity index (χ3n) is 2.84. The zero-order valence-electron chi connectivity index (χ0n) is 11.5. The number of rotatable bonds is 6. The smallest absolute Gasteiger partial charge is 0.242 e. The van der Waals surface area contributed by atoms with Gasteiger partial charge < -0.3 is 10.6 Å². The molecule has 0 saturated carbocycles. The molecule has 0 aliphatic carbocycles. The van der Waals surface area contributed by atoms with Gasteiger partial charge in [-0.05, 0) is 31.9 Å². The first-order valence-corrected chi connectivity index (χ1v) is 6.45. The predicted molar refractivity (Wildman–Crippen MR) is 72.1 cm³/mol. The van der Waals surface area contributed by atoms with Crippen LogP contribution >= 0.6 is 0 Å². The van der Waals surface area contributed by atoms with Gasteiger partial charge in [0, 0.05) is 12.6 Å². The molecule has 1 aromatic carbocycles. The van der Waals surface area contributed by atoms with Gasteiger partial charge in [0.2, 0.25) is 5.91 Å². The van der Waals surface area contributed by atoms with Crippen LogP contribution in [0.5, 0.6) is 0 Å². The van der Waals surface area contributed by atoms with E-state index in [0.717, 1.165) is 25.0 Å². The molecule has 0 aliphatic rings. The van der Waals surface area contributed by atoms with E-state index >= 15 is 0 Å². The Kier molecular flexibility index (Phi) is 5.73. The molecule has 0 spiro atoms. The molecule has 2 N–H and O–H groups in total. The van der Waals surface area contributed by atoms with E-state index in [1.54, 1.807) is 6.92 Å². The molecule has 0 fully saturated rings.